The molecule has 1 heterocycles. The highest BCUT2D eigenvalue weighted by atomic mass is 79.9. The second-order valence-corrected chi connectivity index (χ2v) is 13.0. The number of nitrogens with one attached hydrogen (secondary N) is 1. The second kappa shape index (κ2) is 10.3. The summed E-state index contributed by atoms with van der Waals surface area (Å²) in [5, 5.41) is 2.34. The Hall–Kier alpha value is -3.71. The summed E-state index contributed by atoms with van der Waals surface area (Å²) in [7, 11) is 0. The van der Waals surface area contributed by atoms with Crippen molar-refractivity contribution >= 4 is 45.5 Å². The highest BCUT2D eigenvalue weighted by Gasteiger charge is 2.51. The molecule has 208 valence electrons. The van der Waals surface area contributed by atoms with Gasteiger partial charge in [0, 0.05) is 0 Å². The maximum absolute atomic E-state index is 13.5. The van der Waals surface area contributed by atoms with Crippen LogP contribution in [0.15, 0.2) is 82.8 Å². The lowest BCUT2D eigenvalue weighted by molar-refractivity contribution is -0.122. The number of benzene rings is 3. The lowest BCUT2D eigenvalue weighted by atomic mass is 9.48. The summed E-state index contributed by atoms with van der Waals surface area (Å²) in [5.41, 5.74) is 3.59. The Labute approximate surface area is 247 Å². The van der Waals surface area contributed by atoms with Gasteiger partial charge < -0.3 is 4.74 Å². The average Bonchev–Trinajstić information content (AvgIpc) is 2.95. The number of anilines is 1. The molecule has 4 saturated carbocycles. The number of hydrogen-bond acceptors (Lipinski definition) is 4. The number of nitrogens with zero attached hydrogens (tertiary/aromatic N) is 1. The number of hydrogen-bond donors (Lipinski definition) is 1. The number of rotatable bonds is 6. The molecule has 3 aromatic rings. The maximum atomic E-state index is 13.5. The topological polar surface area (TPSA) is 75.7 Å². The number of urea groups is 1. The van der Waals surface area contributed by atoms with Crippen LogP contribution in [0.3, 0.4) is 0 Å². The van der Waals surface area contributed by atoms with E-state index < -0.39 is 17.8 Å². The first-order chi connectivity index (χ1) is 19.9. The number of amides is 4. The zero-order valence-electron chi connectivity index (χ0n) is 22.6. The van der Waals surface area contributed by atoms with Crippen molar-refractivity contribution in [3.63, 3.8) is 0 Å². The number of imide groups is 2. The van der Waals surface area contributed by atoms with Crippen molar-refractivity contribution in [3.05, 3.63) is 99.5 Å². The molecular formula is C34H31BrN2O4. The molecule has 5 fully saturated rings. The fraction of sp³-hybridized carbons (Fsp3) is 0.324. The fourth-order valence-corrected chi connectivity index (χ4v) is 8.46. The Morgan fingerprint density at radius 2 is 1.54 bits per heavy atom. The van der Waals surface area contributed by atoms with Gasteiger partial charge in [-0.25, -0.2) is 9.69 Å². The summed E-state index contributed by atoms with van der Waals surface area (Å²) in [4.78, 5) is 40.1. The first-order valence-electron chi connectivity index (χ1n) is 14.4. The molecule has 1 aliphatic heterocycles. The van der Waals surface area contributed by atoms with Crippen LogP contribution in [0.25, 0.3) is 6.08 Å². The van der Waals surface area contributed by atoms with E-state index in [1.54, 1.807) is 18.2 Å². The number of ether oxygens (including phenoxy) is 1. The highest BCUT2D eigenvalue weighted by molar-refractivity contribution is 9.10. The third-order valence-electron chi connectivity index (χ3n) is 9.38. The second-order valence-electron chi connectivity index (χ2n) is 12.2. The summed E-state index contributed by atoms with van der Waals surface area (Å²) < 4.78 is 6.61. The van der Waals surface area contributed by atoms with Gasteiger partial charge in [0.2, 0.25) is 0 Å². The Balaban J connectivity index is 1.10. The molecule has 41 heavy (non-hydrogen) atoms. The summed E-state index contributed by atoms with van der Waals surface area (Å²) in [6.07, 6.45) is 9.37. The molecule has 7 heteroatoms. The van der Waals surface area contributed by atoms with Crippen LogP contribution in [0.1, 0.15) is 55.2 Å². The number of halogens is 1. The lowest BCUT2D eigenvalue weighted by Crippen LogP contribution is -2.54. The summed E-state index contributed by atoms with van der Waals surface area (Å²) in [6, 6.07) is 22.4. The van der Waals surface area contributed by atoms with E-state index in [1.807, 2.05) is 42.5 Å². The van der Waals surface area contributed by atoms with E-state index in [0.717, 1.165) is 28.2 Å². The van der Waals surface area contributed by atoms with E-state index in [4.69, 9.17) is 4.74 Å². The van der Waals surface area contributed by atoms with Crippen molar-refractivity contribution in [1.82, 2.24) is 5.32 Å². The predicted molar refractivity (Wildman–Crippen MR) is 160 cm³/mol. The van der Waals surface area contributed by atoms with E-state index in [2.05, 4.69) is 33.4 Å². The van der Waals surface area contributed by atoms with Crippen LogP contribution >= 0.6 is 15.9 Å². The Kier molecular flexibility index (Phi) is 6.57. The fourth-order valence-electron chi connectivity index (χ4n) is 7.95. The van der Waals surface area contributed by atoms with Crippen molar-refractivity contribution in [2.45, 2.75) is 50.5 Å². The van der Waals surface area contributed by atoms with Crippen LogP contribution in [-0.2, 0) is 21.6 Å². The van der Waals surface area contributed by atoms with E-state index in [-0.39, 0.29) is 11.0 Å². The molecule has 6 nitrogen and oxygen atoms in total. The molecule has 1 N–H and O–H groups in total. The number of barbiturate groups is 1. The van der Waals surface area contributed by atoms with Crippen molar-refractivity contribution in [1.29, 1.82) is 0 Å². The van der Waals surface area contributed by atoms with Crippen LogP contribution in [-0.4, -0.2) is 17.8 Å². The average molecular weight is 612 g/mol. The van der Waals surface area contributed by atoms with Gasteiger partial charge in [-0.15, -0.1) is 0 Å². The van der Waals surface area contributed by atoms with Crippen molar-refractivity contribution < 1.29 is 19.1 Å². The zero-order valence-corrected chi connectivity index (χ0v) is 24.2. The zero-order chi connectivity index (χ0) is 28.1. The predicted octanol–water partition coefficient (Wildman–Crippen LogP) is 7.16. The third kappa shape index (κ3) is 4.90. The molecular weight excluding hydrogens is 580 g/mol. The molecule has 8 rings (SSSR count). The van der Waals surface area contributed by atoms with Gasteiger partial charge in [-0.05, 0) is 125 Å². The molecule has 0 spiro atoms. The van der Waals surface area contributed by atoms with Gasteiger partial charge in [0.05, 0.1) is 10.2 Å². The molecule has 4 aliphatic carbocycles. The van der Waals surface area contributed by atoms with Crippen LogP contribution in [0.4, 0.5) is 10.5 Å². The van der Waals surface area contributed by atoms with Gasteiger partial charge in [-0.3, -0.25) is 14.9 Å². The van der Waals surface area contributed by atoms with Gasteiger partial charge in [-0.2, -0.15) is 0 Å². The molecule has 0 unspecified atom stereocenters. The first-order valence-corrected chi connectivity index (χ1v) is 15.1. The first kappa shape index (κ1) is 26.2. The molecule has 0 aromatic heterocycles. The van der Waals surface area contributed by atoms with Crippen molar-refractivity contribution in [2.24, 2.45) is 17.8 Å². The molecule has 4 amide bonds. The van der Waals surface area contributed by atoms with Crippen LogP contribution in [0, 0.1) is 17.8 Å². The van der Waals surface area contributed by atoms with E-state index in [0.29, 0.717) is 28.1 Å². The minimum absolute atomic E-state index is 0.0976. The SMILES string of the molecule is O=C1NC(=O)N(c2ccc(C34CC5CC(CC(C5)C3)C4)cc2)C(=O)/C1=C/c1ccc(OCc2ccccc2)c(Br)c1. The quantitative estimate of drug-likeness (QED) is 0.237. The van der Waals surface area contributed by atoms with Crippen LogP contribution in [0.5, 0.6) is 5.75 Å². The van der Waals surface area contributed by atoms with E-state index >= 15 is 0 Å². The minimum atomic E-state index is -0.731. The highest BCUT2D eigenvalue weighted by Crippen LogP contribution is 2.60. The summed E-state index contributed by atoms with van der Waals surface area (Å²) >= 11 is 3.53. The third-order valence-corrected chi connectivity index (χ3v) is 10.0. The van der Waals surface area contributed by atoms with Gasteiger partial charge in [0.15, 0.2) is 0 Å². The van der Waals surface area contributed by atoms with E-state index in [1.165, 1.54) is 50.2 Å². The standard InChI is InChI=1S/C34H31BrN2O4/c35-29-16-22(6-11-30(29)41-20-21-4-2-1-3-5-21)15-28-31(38)36-33(40)37(32(28)39)27-9-7-26(8-10-27)34-17-23-12-24(18-34)14-25(13-23)19-34/h1-11,15-16,23-25H,12-14,17-20H2,(H,36,38,40)/b28-15+. The Bertz CT molecular complexity index is 1530. The van der Waals surface area contributed by atoms with E-state index in [9.17, 15) is 14.4 Å². The summed E-state index contributed by atoms with van der Waals surface area (Å²) in [5.74, 6) is 1.80. The lowest BCUT2D eigenvalue weighted by Gasteiger charge is -2.57. The Morgan fingerprint density at radius 1 is 0.878 bits per heavy atom. The Morgan fingerprint density at radius 3 is 2.17 bits per heavy atom. The molecule has 0 atom stereocenters. The van der Waals surface area contributed by atoms with Crippen LogP contribution < -0.4 is 15.0 Å². The normalized spacial score (nSPS) is 27.8. The number of carbonyl (C=O) groups excluding carboxylic acids is 3. The van der Waals surface area contributed by atoms with Gasteiger partial charge in [0.1, 0.15) is 17.9 Å². The summed E-state index contributed by atoms with van der Waals surface area (Å²) in [6.45, 7) is 0.416. The molecule has 3 aromatic carbocycles. The molecule has 4 bridgehead atoms. The molecule has 1 saturated heterocycles. The smallest absolute Gasteiger partial charge is 0.335 e. The van der Waals surface area contributed by atoms with Crippen molar-refractivity contribution in [2.75, 3.05) is 4.90 Å². The van der Waals surface area contributed by atoms with Gasteiger partial charge in [-0.1, -0.05) is 48.5 Å². The largest absolute Gasteiger partial charge is 0.488 e. The van der Waals surface area contributed by atoms with Crippen LogP contribution in [0.2, 0.25) is 0 Å². The van der Waals surface area contributed by atoms with Gasteiger partial charge >= 0.3 is 6.03 Å². The van der Waals surface area contributed by atoms with Gasteiger partial charge in [0.25, 0.3) is 11.8 Å². The molecule has 5 aliphatic rings. The maximum Gasteiger partial charge on any atom is 0.335 e. The van der Waals surface area contributed by atoms with Crippen molar-refractivity contribution in [3.8, 4) is 5.75 Å². The minimum Gasteiger partial charge on any atom is -0.488 e. The number of carbonyl (C=O) groups is 3. The monoisotopic (exact) mass is 610 g/mol. The molecule has 0 radical (unpaired) electrons.